The fourth-order valence-electron chi connectivity index (χ4n) is 4.27. The summed E-state index contributed by atoms with van der Waals surface area (Å²) in [4.78, 5) is 16.0. The molecule has 8 nitrogen and oxygen atoms in total. The van der Waals surface area contributed by atoms with Crippen molar-refractivity contribution in [1.82, 2.24) is 18.0 Å². The van der Waals surface area contributed by atoms with E-state index in [9.17, 15) is 13.2 Å². The number of hydrogen-bond acceptors (Lipinski definition) is 7. The highest BCUT2D eigenvalue weighted by molar-refractivity contribution is 7.89. The molecule has 10 heteroatoms. The lowest BCUT2D eigenvalue weighted by molar-refractivity contribution is 0.0925. The van der Waals surface area contributed by atoms with E-state index < -0.39 is 10.0 Å². The van der Waals surface area contributed by atoms with E-state index in [0.717, 1.165) is 46.6 Å². The molecule has 2 aromatic heterocycles. The van der Waals surface area contributed by atoms with Crippen LogP contribution in [0, 0.1) is 13.8 Å². The maximum Gasteiger partial charge on any atom is 0.252 e. The fraction of sp³-hybridized carbons (Fsp3) is 0.348. The fourth-order valence-corrected chi connectivity index (χ4v) is 6.47. The predicted octanol–water partition coefficient (Wildman–Crippen LogP) is 3.52. The molecule has 1 saturated heterocycles. The second-order valence-electron chi connectivity index (χ2n) is 8.42. The summed E-state index contributed by atoms with van der Waals surface area (Å²) in [6, 6.07) is 10.7. The zero-order chi connectivity index (χ0) is 23.2. The van der Waals surface area contributed by atoms with E-state index in [1.807, 2.05) is 26.0 Å². The highest BCUT2D eigenvalue weighted by Gasteiger charge is 2.32. The molecule has 0 spiro atoms. The number of sulfonamides is 1. The Morgan fingerprint density at radius 1 is 1.21 bits per heavy atom. The van der Waals surface area contributed by atoms with Crippen molar-refractivity contribution in [2.75, 3.05) is 13.2 Å². The van der Waals surface area contributed by atoms with E-state index in [0.29, 0.717) is 23.2 Å². The Hall–Kier alpha value is -2.66. The molecule has 3 heterocycles. The third kappa shape index (κ3) is 4.08. The highest BCUT2D eigenvalue weighted by atomic mass is 32.2. The zero-order valence-electron chi connectivity index (χ0n) is 18.4. The van der Waals surface area contributed by atoms with E-state index in [4.69, 9.17) is 4.74 Å². The van der Waals surface area contributed by atoms with Gasteiger partial charge in [0.15, 0.2) is 0 Å². The summed E-state index contributed by atoms with van der Waals surface area (Å²) in [5.41, 5.74) is 3.83. The van der Waals surface area contributed by atoms with Crippen molar-refractivity contribution < 1.29 is 13.2 Å². The minimum atomic E-state index is -3.96. The first kappa shape index (κ1) is 22.1. The Morgan fingerprint density at radius 3 is 2.85 bits per heavy atom. The van der Waals surface area contributed by atoms with Crippen molar-refractivity contribution in [2.24, 2.45) is 0 Å². The molecule has 1 N–H and O–H groups in total. The van der Waals surface area contributed by atoms with Gasteiger partial charge in [-0.1, -0.05) is 18.2 Å². The number of hydrogen-bond donors (Lipinski definition) is 1. The molecule has 0 bridgehead atoms. The largest absolute Gasteiger partial charge is 0.377 e. The van der Waals surface area contributed by atoms with Crippen LogP contribution in [0.3, 0.4) is 0 Å². The molecule has 1 fully saturated rings. The lowest BCUT2D eigenvalue weighted by Gasteiger charge is -2.25. The van der Waals surface area contributed by atoms with E-state index in [1.54, 1.807) is 24.3 Å². The van der Waals surface area contributed by atoms with Gasteiger partial charge < -0.3 is 9.72 Å². The van der Waals surface area contributed by atoms with Gasteiger partial charge in [0.25, 0.3) is 5.56 Å². The third-order valence-electron chi connectivity index (χ3n) is 6.27. The van der Waals surface area contributed by atoms with Gasteiger partial charge in [-0.3, -0.25) is 4.79 Å². The average molecular weight is 485 g/mol. The van der Waals surface area contributed by atoms with Crippen LogP contribution < -0.4 is 5.56 Å². The van der Waals surface area contributed by atoms with Crippen LogP contribution in [-0.4, -0.2) is 45.7 Å². The molecule has 33 heavy (non-hydrogen) atoms. The first-order valence-electron chi connectivity index (χ1n) is 10.8. The summed E-state index contributed by atoms with van der Waals surface area (Å²) < 4.78 is 43.1. The maximum absolute atomic E-state index is 13.8. The van der Waals surface area contributed by atoms with E-state index in [-0.39, 0.29) is 29.6 Å². The summed E-state index contributed by atoms with van der Waals surface area (Å²) in [5.74, 6) is 0. The molecular formula is C23H24N4O4S2. The van der Waals surface area contributed by atoms with Crippen LogP contribution in [-0.2, 0) is 21.3 Å². The van der Waals surface area contributed by atoms with Crippen LogP contribution >= 0.6 is 11.7 Å². The lowest BCUT2D eigenvalue weighted by atomic mass is 10.0. The SMILES string of the molecule is Cc1ccc2cc(CN(C[C@H]3CCCO3)S(=O)(=O)c3cccc4nsnc34)c(=O)[nH]c2c1C. The molecule has 0 amide bonds. The molecule has 4 aromatic rings. The Labute approximate surface area is 195 Å². The molecule has 0 unspecified atom stereocenters. The van der Waals surface area contributed by atoms with Gasteiger partial charge in [0.2, 0.25) is 10.0 Å². The average Bonchev–Trinajstić information content (AvgIpc) is 3.48. The number of pyridine rings is 1. The second kappa shape index (κ2) is 8.60. The number of rotatable bonds is 6. The summed E-state index contributed by atoms with van der Waals surface area (Å²) in [6.45, 7) is 4.67. The number of aromatic amines is 1. The van der Waals surface area contributed by atoms with Crippen molar-refractivity contribution in [3.63, 3.8) is 0 Å². The second-order valence-corrected chi connectivity index (χ2v) is 10.9. The van der Waals surface area contributed by atoms with Gasteiger partial charge in [-0.2, -0.15) is 13.1 Å². The van der Waals surface area contributed by atoms with Gasteiger partial charge in [0.05, 0.1) is 23.3 Å². The number of aryl methyl sites for hydroxylation is 2. The van der Waals surface area contributed by atoms with Crippen molar-refractivity contribution >= 4 is 43.7 Å². The zero-order valence-corrected chi connectivity index (χ0v) is 20.0. The van der Waals surface area contributed by atoms with Gasteiger partial charge >= 0.3 is 0 Å². The quantitative estimate of drug-likeness (QED) is 0.449. The number of ether oxygens (including phenoxy) is 1. The standard InChI is InChI=1S/C23H24N4O4S2/c1-14-8-9-16-11-17(23(28)24-21(16)15(14)2)12-27(13-18-5-4-10-31-18)33(29,30)20-7-3-6-19-22(20)26-32-25-19/h3,6-9,11,18H,4-5,10,12-13H2,1-2H3,(H,24,28)/t18-/m1/s1. The Kier molecular flexibility index (Phi) is 5.77. The Bertz CT molecular complexity index is 1500. The minimum Gasteiger partial charge on any atom is -0.377 e. The van der Waals surface area contributed by atoms with Gasteiger partial charge in [-0.15, -0.1) is 0 Å². The molecule has 1 atom stereocenters. The van der Waals surface area contributed by atoms with E-state index in [2.05, 4.69) is 13.7 Å². The summed E-state index contributed by atoms with van der Waals surface area (Å²) >= 11 is 0.975. The number of aromatic nitrogens is 3. The van der Waals surface area contributed by atoms with Crippen molar-refractivity contribution in [3.05, 3.63) is 63.4 Å². The number of nitrogens with zero attached hydrogens (tertiary/aromatic N) is 3. The molecular weight excluding hydrogens is 460 g/mol. The van der Waals surface area contributed by atoms with Crippen LogP contribution in [0.15, 0.2) is 46.1 Å². The maximum atomic E-state index is 13.8. The third-order valence-corrected chi connectivity index (χ3v) is 8.66. The van der Waals surface area contributed by atoms with Gasteiger partial charge in [0, 0.05) is 25.3 Å². The molecule has 0 aliphatic carbocycles. The number of H-pyrrole nitrogens is 1. The van der Waals surface area contributed by atoms with Gasteiger partial charge in [0.1, 0.15) is 15.9 Å². The minimum absolute atomic E-state index is 0.0612. The number of benzene rings is 2. The molecule has 0 radical (unpaired) electrons. The summed E-state index contributed by atoms with van der Waals surface area (Å²) in [5, 5.41) is 0.868. The van der Waals surface area contributed by atoms with Crippen LogP contribution in [0.5, 0.6) is 0 Å². The van der Waals surface area contributed by atoms with Crippen molar-refractivity contribution in [3.8, 4) is 0 Å². The highest BCUT2D eigenvalue weighted by Crippen LogP contribution is 2.27. The Balaban J connectivity index is 1.59. The molecule has 0 saturated carbocycles. The van der Waals surface area contributed by atoms with E-state index in [1.165, 1.54) is 4.31 Å². The molecule has 1 aliphatic rings. The van der Waals surface area contributed by atoms with Crippen LogP contribution in [0.25, 0.3) is 21.9 Å². The van der Waals surface area contributed by atoms with Gasteiger partial charge in [-0.25, -0.2) is 8.42 Å². The van der Waals surface area contributed by atoms with Gasteiger partial charge in [-0.05, 0) is 61.4 Å². The lowest BCUT2D eigenvalue weighted by Crippen LogP contribution is -2.38. The topological polar surface area (TPSA) is 105 Å². The monoisotopic (exact) mass is 484 g/mol. The Morgan fingerprint density at radius 2 is 2.06 bits per heavy atom. The molecule has 5 rings (SSSR count). The first-order chi connectivity index (χ1) is 15.8. The summed E-state index contributed by atoms with van der Waals surface area (Å²) in [7, 11) is -3.96. The van der Waals surface area contributed by atoms with Crippen LogP contribution in [0.2, 0.25) is 0 Å². The van der Waals surface area contributed by atoms with Crippen LogP contribution in [0.1, 0.15) is 29.5 Å². The molecule has 172 valence electrons. The normalized spacial score (nSPS) is 16.9. The van der Waals surface area contributed by atoms with Crippen molar-refractivity contribution in [1.29, 1.82) is 0 Å². The van der Waals surface area contributed by atoms with Crippen LogP contribution in [0.4, 0.5) is 0 Å². The van der Waals surface area contributed by atoms with E-state index >= 15 is 0 Å². The number of fused-ring (bicyclic) bond motifs is 2. The predicted molar refractivity (Wildman–Crippen MR) is 128 cm³/mol. The first-order valence-corrected chi connectivity index (χ1v) is 13.0. The smallest absolute Gasteiger partial charge is 0.252 e. The van der Waals surface area contributed by atoms with Crippen molar-refractivity contribution in [2.45, 2.75) is 44.2 Å². The number of nitrogens with one attached hydrogen (secondary N) is 1. The summed E-state index contributed by atoms with van der Waals surface area (Å²) in [6.07, 6.45) is 1.46. The molecule has 1 aliphatic heterocycles. The molecule has 2 aromatic carbocycles.